The molecule has 3 rings (SSSR count). The SMILES string of the molecule is CC(C)(C)OC(=O)N1CC(N(C(=O)[C@@H]2CCCO2)[C@H]2CC[C@@H](C)CC2)C[C@H]1C(=O)O. The van der Waals surface area contributed by atoms with Gasteiger partial charge >= 0.3 is 12.1 Å². The van der Waals surface area contributed by atoms with Crippen LogP contribution in [0, 0.1) is 5.92 Å². The van der Waals surface area contributed by atoms with Crippen LogP contribution in [-0.4, -0.2) is 75.9 Å². The molecule has 0 bridgehead atoms. The maximum atomic E-state index is 13.4. The van der Waals surface area contributed by atoms with Crippen LogP contribution in [0.1, 0.15) is 72.6 Å². The number of likely N-dealkylation sites (tertiary alicyclic amines) is 1. The number of aliphatic carboxylic acids is 1. The summed E-state index contributed by atoms with van der Waals surface area (Å²) < 4.78 is 11.1. The first-order valence-electron chi connectivity index (χ1n) is 11.2. The first-order valence-corrected chi connectivity index (χ1v) is 11.2. The monoisotopic (exact) mass is 424 g/mol. The molecule has 3 atom stereocenters. The maximum Gasteiger partial charge on any atom is 0.411 e. The van der Waals surface area contributed by atoms with E-state index in [1.54, 1.807) is 20.8 Å². The molecule has 8 heteroatoms. The third-order valence-corrected chi connectivity index (χ3v) is 6.42. The minimum absolute atomic E-state index is 0.0489. The van der Waals surface area contributed by atoms with Gasteiger partial charge in [-0.3, -0.25) is 9.69 Å². The Hall–Kier alpha value is -1.83. The van der Waals surface area contributed by atoms with Gasteiger partial charge in [-0.05, 0) is 65.2 Å². The summed E-state index contributed by atoms with van der Waals surface area (Å²) in [4.78, 5) is 41.2. The summed E-state index contributed by atoms with van der Waals surface area (Å²) in [6, 6.07) is -1.27. The van der Waals surface area contributed by atoms with E-state index in [9.17, 15) is 19.5 Å². The van der Waals surface area contributed by atoms with Crippen molar-refractivity contribution in [3.8, 4) is 0 Å². The first kappa shape index (κ1) is 22.8. The van der Waals surface area contributed by atoms with Crippen LogP contribution < -0.4 is 0 Å². The third-order valence-electron chi connectivity index (χ3n) is 6.42. The van der Waals surface area contributed by atoms with Gasteiger partial charge in [-0.1, -0.05) is 6.92 Å². The number of ether oxygens (including phenoxy) is 2. The van der Waals surface area contributed by atoms with E-state index in [0.29, 0.717) is 18.9 Å². The molecule has 0 radical (unpaired) electrons. The minimum atomic E-state index is -1.06. The van der Waals surface area contributed by atoms with E-state index in [4.69, 9.17) is 9.47 Å². The lowest BCUT2D eigenvalue weighted by Gasteiger charge is -2.41. The highest BCUT2D eigenvalue weighted by Crippen LogP contribution is 2.34. The molecular formula is C22H36N2O6. The summed E-state index contributed by atoms with van der Waals surface area (Å²) in [5, 5.41) is 9.75. The molecule has 8 nitrogen and oxygen atoms in total. The Morgan fingerprint density at radius 1 is 1.07 bits per heavy atom. The number of hydrogen-bond acceptors (Lipinski definition) is 5. The maximum absolute atomic E-state index is 13.4. The van der Waals surface area contributed by atoms with Crippen molar-refractivity contribution in [2.24, 2.45) is 5.92 Å². The largest absolute Gasteiger partial charge is 0.480 e. The number of nitrogens with zero attached hydrogens (tertiary/aromatic N) is 2. The number of rotatable bonds is 4. The van der Waals surface area contributed by atoms with E-state index < -0.39 is 29.8 Å². The van der Waals surface area contributed by atoms with Gasteiger partial charge in [0.15, 0.2) is 0 Å². The Morgan fingerprint density at radius 2 is 1.73 bits per heavy atom. The molecule has 2 aliphatic heterocycles. The van der Waals surface area contributed by atoms with Crippen molar-refractivity contribution >= 4 is 18.0 Å². The van der Waals surface area contributed by atoms with Crippen LogP contribution in [0.25, 0.3) is 0 Å². The summed E-state index contributed by atoms with van der Waals surface area (Å²) in [5.41, 5.74) is -0.717. The van der Waals surface area contributed by atoms with Crippen LogP contribution in [-0.2, 0) is 19.1 Å². The molecule has 1 unspecified atom stereocenters. The topological polar surface area (TPSA) is 96.4 Å². The molecule has 0 spiro atoms. The Kier molecular flexibility index (Phi) is 6.95. The second-order valence-corrected chi connectivity index (χ2v) is 10.0. The van der Waals surface area contributed by atoms with E-state index in [1.807, 2.05) is 4.90 Å². The molecule has 1 aliphatic carbocycles. The third kappa shape index (κ3) is 5.25. The molecule has 0 aromatic rings. The van der Waals surface area contributed by atoms with Crippen molar-refractivity contribution in [3.05, 3.63) is 0 Å². The average Bonchev–Trinajstić information content (AvgIpc) is 3.32. The molecule has 1 N–H and O–H groups in total. The van der Waals surface area contributed by atoms with Crippen molar-refractivity contribution in [3.63, 3.8) is 0 Å². The smallest absolute Gasteiger partial charge is 0.411 e. The van der Waals surface area contributed by atoms with Crippen LogP contribution in [0.2, 0.25) is 0 Å². The lowest BCUT2D eigenvalue weighted by molar-refractivity contribution is -0.147. The van der Waals surface area contributed by atoms with E-state index >= 15 is 0 Å². The average molecular weight is 425 g/mol. The van der Waals surface area contributed by atoms with Crippen LogP contribution in [0.5, 0.6) is 0 Å². The van der Waals surface area contributed by atoms with Gasteiger partial charge in [0.25, 0.3) is 5.91 Å². The Bertz CT molecular complexity index is 647. The summed E-state index contributed by atoms with van der Waals surface area (Å²) in [5.74, 6) is -0.480. The Labute approximate surface area is 178 Å². The van der Waals surface area contributed by atoms with E-state index in [-0.39, 0.29) is 31.0 Å². The zero-order valence-corrected chi connectivity index (χ0v) is 18.6. The second kappa shape index (κ2) is 9.12. The number of carbonyl (C=O) groups is 3. The molecule has 1 saturated carbocycles. The summed E-state index contributed by atoms with van der Waals surface area (Å²) in [6.45, 7) is 8.25. The fourth-order valence-corrected chi connectivity index (χ4v) is 4.89. The van der Waals surface area contributed by atoms with E-state index in [1.165, 1.54) is 4.90 Å². The van der Waals surface area contributed by atoms with Gasteiger partial charge in [-0.25, -0.2) is 9.59 Å². The van der Waals surface area contributed by atoms with Crippen molar-refractivity contribution in [2.75, 3.05) is 13.2 Å². The zero-order valence-electron chi connectivity index (χ0n) is 18.6. The molecule has 3 aliphatic rings. The number of carboxylic acid groups (broad SMARTS) is 1. The molecule has 2 amide bonds. The van der Waals surface area contributed by atoms with Gasteiger partial charge in [0.05, 0.1) is 6.04 Å². The lowest BCUT2D eigenvalue weighted by atomic mass is 9.85. The second-order valence-electron chi connectivity index (χ2n) is 10.0. The van der Waals surface area contributed by atoms with Crippen LogP contribution in [0.4, 0.5) is 4.79 Å². The molecule has 2 saturated heterocycles. The lowest BCUT2D eigenvalue weighted by Crippen LogP contribution is -2.53. The molecule has 2 heterocycles. The van der Waals surface area contributed by atoms with Gasteiger partial charge in [-0.15, -0.1) is 0 Å². The van der Waals surface area contributed by atoms with Crippen LogP contribution in [0.15, 0.2) is 0 Å². The molecule has 170 valence electrons. The van der Waals surface area contributed by atoms with Crippen LogP contribution >= 0.6 is 0 Å². The summed E-state index contributed by atoms with van der Waals surface area (Å²) in [7, 11) is 0. The number of carbonyl (C=O) groups excluding carboxylic acids is 2. The number of hydrogen-bond donors (Lipinski definition) is 1. The fourth-order valence-electron chi connectivity index (χ4n) is 4.89. The molecular weight excluding hydrogens is 388 g/mol. The van der Waals surface area contributed by atoms with Crippen molar-refractivity contribution < 1.29 is 29.0 Å². The highest BCUT2D eigenvalue weighted by atomic mass is 16.6. The van der Waals surface area contributed by atoms with Crippen molar-refractivity contribution in [1.82, 2.24) is 9.80 Å². The predicted octanol–water partition coefficient (Wildman–Crippen LogP) is 3.04. The van der Waals surface area contributed by atoms with Gasteiger partial charge in [0.2, 0.25) is 0 Å². The zero-order chi connectivity index (χ0) is 22.1. The van der Waals surface area contributed by atoms with Crippen LogP contribution in [0.3, 0.4) is 0 Å². The van der Waals surface area contributed by atoms with Gasteiger partial charge in [0.1, 0.15) is 17.7 Å². The first-order chi connectivity index (χ1) is 14.1. The Balaban J connectivity index is 1.82. The highest BCUT2D eigenvalue weighted by Gasteiger charge is 2.47. The number of amides is 2. The van der Waals surface area contributed by atoms with Crippen molar-refractivity contribution in [2.45, 2.75) is 102 Å². The predicted molar refractivity (Wildman–Crippen MR) is 110 cm³/mol. The van der Waals surface area contributed by atoms with Crippen molar-refractivity contribution in [1.29, 1.82) is 0 Å². The molecule has 0 aromatic heterocycles. The Morgan fingerprint density at radius 3 is 2.27 bits per heavy atom. The summed E-state index contributed by atoms with van der Waals surface area (Å²) >= 11 is 0. The normalized spacial score (nSPS) is 32.1. The van der Waals surface area contributed by atoms with Gasteiger partial charge < -0.3 is 19.5 Å². The molecule has 0 aromatic carbocycles. The quantitative estimate of drug-likeness (QED) is 0.745. The van der Waals surface area contributed by atoms with E-state index in [2.05, 4.69) is 6.92 Å². The number of carboxylic acids is 1. The highest BCUT2D eigenvalue weighted by molar-refractivity contribution is 5.84. The molecule has 30 heavy (non-hydrogen) atoms. The minimum Gasteiger partial charge on any atom is -0.480 e. The van der Waals surface area contributed by atoms with Gasteiger partial charge in [0, 0.05) is 25.6 Å². The standard InChI is InChI=1S/C22H36N2O6/c1-14-7-9-15(10-8-14)24(19(25)18-6-5-11-29-18)16-12-17(20(26)27)23(13-16)21(28)30-22(2,3)4/h14-18H,5-13H2,1-4H3,(H,26,27)/t14-,15+,16?,17-,18-/m0/s1. The van der Waals surface area contributed by atoms with Gasteiger partial charge in [-0.2, -0.15) is 0 Å². The van der Waals surface area contributed by atoms with E-state index in [0.717, 1.165) is 32.1 Å². The molecule has 3 fully saturated rings. The fraction of sp³-hybridized carbons (Fsp3) is 0.864. The summed E-state index contributed by atoms with van der Waals surface area (Å²) in [6.07, 6.45) is 4.58.